The molecule has 7 nitrogen and oxygen atoms in total. The van der Waals surface area contributed by atoms with E-state index in [1.807, 2.05) is 0 Å². The third kappa shape index (κ3) is 3.85. The number of aliphatic hydroxyl groups is 1. The smallest absolute Gasteiger partial charge is 0.354 e. The van der Waals surface area contributed by atoms with Gasteiger partial charge in [-0.2, -0.15) is 0 Å². The maximum Gasteiger partial charge on any atom is 0.354 e. The second-order valence-corrected chi connectivity index (χ2v) is 3.93. The summed E-state index contributed by atoms with van der Waals surface area (Å²) < 4.78 is 0. The van der Waals surface area contributed by atoms with Crippen molar-refractivity contribution in [1.82, 2.24) is 9.88 Å². The lowest BCUT2D eigenvalue weighted by molar-refractivity contribution is 0.0692. The van der Waals surface area contributed by atoms with Crippen molar-refractivity contribution in [1.29, 1.82) is 0 Å². The standard InChI is InChI=1S/C12H17N3O4/c1-3-4-15(5-6-16)12(19)14-9-7-8(2)13-10(9)11(17)18/h3,7,13,16H,1,4-6H2,2H3,(H,14,19)(H,17,18). The van der Waals surface area contributed by atoms with Gasteiger partial charge in [0.05, 0.1) is 12.3 Å². The predicted molar refractivity (Wildman–Crippen MR) is 70.4 cm³/mol. The molecule has 1 aromatic heterocycles. The van der Waals surface area contributed by atoms with Gasteiger partial charge in [-0.1, -0.05) is 6.08 Å². The van der Waals surface area contributed by atoms with Crippen molar-refractivity contribution in [3.05, 3.63) is 30.1 Å². The maximum absolute atomic E-state index is 11.9. The molecule has 0 radical (unpaired) electrons. The second-order valence-electron chi connectivity index (χ2n) is 3.93. The molecule has 0 saturated carbocycles. The summed E-state index contributed by atoms with van der Waals surface area (Å²) in [7, 11) is 0. The van der Waals surface area contributed by atoms with Gasteiger partial charge >= 0.3 is 12.0 Å². The first-order valence-corrected chi connectivity index (χ1v) is 5.70. The van der Waals surface area contributed by atoms with Gasteiger partial charge in [0.25, 0.3) is 0 Å². The average molecular weight is 267 g/mol. The van der Waals surface area contributed by atoms with Crippen LogP contribution in [0.2, 0.25) is 0 Å². The number of amides is 2. The minimum absolute atomic E-state index is 0.0756. The molecule has 7 heteroatoms. The number of aromatic nitrogens is 1. The molecule has 0 unspecified atom stereocenters. The number of rotatable bonds is 6. The lowest BCUT2D eigenvalue weighted by Crippen LogP contribution is -2.37. The van der Waals surface area contributed by atoms with Gasteiger partial charge in [0, 0.05) is 18.8 Å². The summed E-state index contributed by atoms with van der Waals surface area (Å²) in [6, 6.07) is 1.04. The van der Waals surface area contributed by atoms with Gasteiger partial charge in [0.1, 0.15) is 5.69 Å². The van der Waals surface area contributed by atoms with Crippen molar-refractivity contribution in [3.8, 4) is 0 Å². The largest absolute Gasteiger partial charge is 0.477 e. The molecule has 0 saturated heterocycles. The van der Waals surface area contributed by atoms with Crippen molar-refractivity contribution in [2.45, 2.75) is 6.92 Å². The molecule has 0 aliphatic rings. The third-order valence-electron chi connectivity index (χ3n) is 2.41. The van der Waals surface area contributed by atoms with Gasteiger partial charge in [-0.25, -0.2) is 9.59 Å². The number of hydrogen-bond donors (Lipinski definition) is 4. The molecule has 1 aromatic rings. The molecule has 0 atom stereocenters. The zero-order valence-corrected chi connectivity index (χ0v) is 10.6. The van der Waals surface area contributed by atoms with Crippen LogP contribution in [-0.2, 0) is 0 Å². The van der Waals surface area contributed by atoms with Gasteiger partial charge in [0.2, 0.25) is 0 Å². The number of aliphatic hydroxyl groups excluding tert-OH is 1. The van der Waals surface area contributed by atoms with Crippen LogP contribution in [-0.4, -0.2) is 51.8 Å². The van der Waals surface area contributed by atoms with Crippen LogP contribution in [0.5, 0.6) is 0 Å². The topological polar surface area (TPSA) is 106 Å². The van der Waals surface area contributed by atoms with Crippen LogP contribution >= 0.6 is 0 Å². The van der Waals surface area contributed by atoms with Gasteiger partial charge < -0.3 is 25.4 Å². The number of carbonyl (C=O) groups excluding carboxylic acids is 1. The van der Waals surface area contributed by atoms with Crippen molar-refractivity contribution in [2.75, 3.05) is 25.0 Å². The summed E-state index contributed by atoms with van der Waals surface area (Å²) in [6.07, 6.45) is 1.52. The number of nitrogens with zero attached hydrogens (tertiary/aromatic N) is 1. The SMILES string of the molecule is C=CCN(CCO)C(=O)Nc1cc(C)[nH]c1C(=O)O. The Morgan fingerprint density at radius 1 is 1.58 bits per heavy atom. The molecule has 0 fully saturated rings. The highest BCUT2D eigenvalue weighted by Crippen LogP contribution is 2.17. The Kier molecular flexibility index (Phi) is 5.13. The summed E-state index contributed by atoms with van der Waals surface area (Å²) in [4.78, 5) is 26.9. The third-order valence-corrected chi connectivity index (χ3v) is 2.41. The zero-order chi connectivity index (χ0) is 14.4. The summed E-state index contributed by atoms with van der Waals surface area (Å²) in [5, 5.41) is 20.4. The van der Waals surface area contributed by atoms with Crippen LogP contribution in [0.15, 0.2) is 18.7 Å². The summed E-state index contributed by atoms with van der Waals surface area (Å²) in [5.41, 5.74) is 0.750. The van der Waals surface area contributed by atoms with E-state index < -0.39 is 12.0 Å². The monoisotopic (exact) mass is 267 g/mol. The molecular formula is C12H17N3O4. The molecule has 0 bridgehead atoms. The van der Waals surface area contributed by atoms with Gasteiger partial charge in [0.15, 0.2) is 0 Å². The number of carbonyl (C=O) groups is 2. The predicted octanol–water partition coefficient (Wildman–Crippen LogP) is 1.03. The minimum atomic E-state index is -1.15. The van der Waals surface area contributed by atoms with E-state index in [4.69, 9.17) is 10.2 Å². The Balaban J connectivity index is 2.85. The van der Waals surface area contributed by atoms with E-state index in [-0.39, 0.29) is 31.1 Å². The van der Waals surface area contributed by atoms with E-state index in [1.165, 1.54) is 17.0 Å². The zero-order valence-electron chi connectivity index (χ0n) is 10.6. The molecular weight excluding hydrogens is 250 g/mol. The maximum atomic E-state index is 11.9. The number of carboxylic acids is 1. The number of urea groups is 1. The molecule has 0 aliphatic heterocycles. The highest BCUT2D eigenvalue weighted by atomic mass is 16.4. The molecule has 1 heterocycles. The second kappa shape index (κ2) is 6.60. The summed E-state index contributed by atoms with van der Waals surface area (Å²) in [5.74, 6) is -1.15. The summed E-state index contributed by atoms with van der Waals surface area (Å²) >= 11 is 0. The molecule has 0 spiro atoms. The first-order chi connectivity index (χ1) is 8.99. The van der Waals surface area contributed by atoms with Crippen LogP contribution in [0.25, 0.3) is 0 Å². The minimum Gasteiger partial charge on any atom is -0.477 e. The van der Waals surface area contributed by atoms with Gasteiger partial charge in [-0.05, 0) is 13.0 Å². The van der Waals surface area contributed by atoms with Gasteiger partial charge in [-0.15, -0.1) is 6.58 Å². The Labute approximate surface area is 110 Å². The Morgan fingerprint density at radius 3 is 2.79 bits per heavy atom. The van der Waals surface area contributed by atoms with E-state index in [0.717, 1.165) is 0 Å². The molecule has 1 rings (SSSR count). The van der Waals surface area contributed by atoms with Crippen molar-refractivity contribution >= 4 is 17.7 Å². The Bertz CT molecular complexity index is 481. The number of aryl methyl sites for hydroxylation is 1. The summed E-state index contributed by atoms with van der Waals surface area (Å²) in [6.45, 7) is 5.43. The van der Waals surface area contributed by atoms with E-state index in [9.17, 15) is 9.59 Å². The van der Waals surface area contributed by atoms with Crippen LogP contribution in [0.3, 0.4) is 0 Å². The van der Waals surface area contributed by atoms with E-state index in [2.05, 4.69) is 16.9 Å². The molecule has 19 heavy (non-hydrogen) atoms. The van der Waals surface area contributed by atoms with E-state index >= 15 is 0 Å². The lowest BCUT2D eigenvalue weighted by Gasteiger charge is -2.20. The highest BCUT2D eigenvalue weighted by molar-refractivity contribution is 5.99. The molecule has 2 amide bonds. The highest BCUT2D eigenvalue weighted by Gasteiger charge is 2.18. The van der Waals surface area contributed by atoms with Crippen molar-refractivity contribution < 1.29 is 19.8 Å². The number of H-pyrrole nitrogens is 1. The first kappa shape index (κ1) is 14.8. The molecule has 104 valence electrons. The quantitative estimate of drug-likeness (QED) is 0.578. The molecule has 4 N–H and O–H groups in total. The normalized spacial score (nSPS) is 10.0. The lowest BCUT2D eigenvalue weighted by atomic mass is 10.3. The number of anilines is 1. The number of nitrogens with one attached hydrogen (secondary N) is 2. The van der Waals surface area contributed by atoms with Crippen LogP contribution in [0, 0.1) is 6.92 Å². The average Bonchev–Trinajstić information content (AvgIpc) is 2.70. The Hall–Kier alpha value is -2.28. The molecule has 0 aromatic carbocycles. The fourth-order valence-corrected chi connectivity index (χ4v) is 1.60. The number of carboxylic acid groups (broad SMARTS) is 1. The fraction of sp³-hybridized carbons (Fsp3) is 0.333. The van der Waals surface area contributed by atoms with E-state index in [1.54, 1.807) is 6.92 Å². The number of aromatic amines is 1. The number of aromatic carboxylic acids is 1. The fourth-order valence-electron chi connectivity index (χ4n) is 1.60. The van der Waals surface area contributed by atoms with Crippen molar-refractivity contribution in [2.24, 2.45) is 0 Å². The van der Waals surface area contributed by atoms with Crippen LogP contribution < -0.4 is 5.32 Å². The van der Waals surface area contributed by atoms with Crippen LogP contribution in [0.4, 0.5) is 10.5 Å². The Morgan fingerprint density at radius 2 is 2.26 bits per heavy atom. The first-order valence-electron chi connectivity index (χ1n) is 5.70. The van der Waals surface area contributed by atoms with Crippen molar-refractivity contribution in [3.63, 3.8) is 0 Å². The van der Waals surface area contributed by atoms with E-state index in [0.29, 0.717) is 5.69 Å². The molecule has 0 aliphatic carbocycles. The number of hydrogen-bond acceptors (Lipinski definition) is 3. The van der Waals surface area contributed by atoms with Crippen LogP contribution in [0.1, 0.15) is 16.2 Å². The van der Waals surface area contributed by atoms with Gasteiger partial charge in [-0.3, -0.25) is 0 Å².